The Morgan fingerprint density at radius 1 is 1.31 bits per heavy atom. The van der Waals surface area contributed by atoms with Gasteiger partial charge in [-0.25, -0.2) is 0 Å². The van der Waals surface area contributed by atoms with Gasteiger partial charge in [0.25, 0.3) is 5.91 Å². The minimum absolute atomic E-state index is 0.0457. The summed E-state index contributed by atoms with van der Waals surface area (Å²) in [5, 5.41) is 16.6. The second kappa shape index (κ2) is 10.7. The lowest BCUT2D eigenvalue weighted by atomic mass is 9.93. The Morgan fingerprint density at radius 2 is 2.14 bits per heavy atom. The Kier molecular flexibility index (Phi) is 7.97. The first-order valence-electron chi connectivity index (χ1n) is 10.6. The number of amides is 1. The second-order valence-electron chi connectivity index (χ2n) is 7.88. The van der Waals surface area contributed by atoms with Crippen LogP contribution in [-0.4, -0.2) is 75.0 Å². The minimum atomic E-state index is -0.439. The smallest absolute Gasteiger partial charge is 0.255 e. The van der Waals surface area contributed by atoms with Gasteiger partial charge in [-0.05, 0) is 52.0 Å². The van der Waals surface area contributed by atoms with Crippen LogP contribution in [0, 0.1) is 5.92 Å². The van der Waals surface area contributed by atoms with Crippen LogP contribution in [0.5, 0.6) is 11.5 Å². The first-order chi connectivity index (χ1) is 14.1. The summed E-state index contributed by atoms with van der Waals surface area (Å²) in [6.45, 7) is 5.10. The summed E-state index contributed by atoms with van der Waals surface area (Å²) < 4.78 is 11.4. The molecule has 0 aromatic heterocycles. The molecule has 0 saturated carbocycles. The van der Waals surface area contributed by atoms with E-state index in [4.69, 9.17) is 15.2 Å². The number of likely N-dealkylation sites (tertiary alicyclic amines) is 1. The highest BCUT2D eigenvalue weighted by atomic mass is 16.5. The number of anilines is 1. The summed E-state index contributed by atoms with van der Waals surface area (Å²) in [6.07, 6.45) is 3.44. The molecule has 2 aliphatic heterocycles. The first-order valence-corrected chi connectivity index (χ1v) is 10.6. The molecule has 1 aromatic carbocycles. The number of nitrogens with zero attached hydrogens (tertiary/aromatic N) is 1. The van der Waals surface area contributed by atoms with E-state index in [1.54, 1.807) is 12.1 Å². The normalized spacial score (nSPS) is 22.1. The number of carbonyl (C=O) groups is 1. The van der Waals surface area contributed by atoms with Crippen LogP contribution in [0.1, 0.15) is 36.0 Å². The zero-order chi connectivity index (χ0) is 20.6. The van der Waals surface area contributed by atoms with Crippen molar-refractivity contribution in [2.75, 3.05) is 58.7 Å². The van der Waals surface area contributed by atoms with Gasteiger partial charge in [-0.3, -0.25) is 4.79 Å². The zero-order valence-corrected chi connectivity index (χ0v) is 17.3. The number of piperidine rings is 1. The average molecular weight is 407 g/mol. The lowest BCUT2D eigenvalue weighted by Crippen LogP contribution is -2.47. The number of fused-ring (bicyclic) bond motifs is 1. The van der Waals surface area contributed by atoms with Gasteiger partial charge in [0.2, 0.25) is 0 Å². The van der Waals surface area contributed by atoms with Gasteiger partial charge in [0.05, 0.1) is 24.9 Å². The summed E-state index contributed by atoms with van der Waals surface area (Å²) in [6, 6.07) is 3.31. The molecule has 2 aliphatic rings. The maximum Gasteiger partial charge on any atom is 0.255 e. The highest BCUT2D eigenvalue weighted by Gasteiger charge is 2.28. The molecule has 0 unspecified atom stereocenters. The topological polar surface area (TPSA) is 109 Å². The van der Waals surface area contributed by atoms with Gasteiger partial charge < -0.3 is 35.8 Å². The van der Waals surface area contributed by atoms with Crippen molar-refractivity contribution < 1.29 is 19.4 Å². The Balaban J connectivity index is 1.52. The Labute approximate surface area is 172 Å². The van der Waals surface area contributed by atoms with Crippen LogP contribution in [0.15, 0.2) is 12.1 Å². The quantitative estimate of drug-likeness (QED) is 0.374. The molecular weight excluding hydrogens is 372 g/mol. The third-order valence-electron chi connectivity index (χ3n) is 5.60. The predicted molar refractivity (Wildman–Crippen MR) is 113 cm³/mol. The maximum absolute atomic E-state index is 12.8. The van der Waals surface area contributed by atoms with Crippen LogP contribution in [0.25, 0.3) is 0 Å². The summed E-state index contributed by atoms with van der Waals surface area (Å²) in [7, 11) is 1.96. The highest BCUT2D eigenvalue weighted by molar-refractivity contribution is 5.98. The number of rotatable bonds is 8. The van der Waals surface area contributed by atoms with Crippen LogP contribution in [0.3, 0.4) is 0 Å². The SMILES string of the molecule is CNCCCCN1CC[C@@H](CNC(=O)c2cc(N)cc3c2OCCCO3)[C@H](O)C1. The summed E-state index contributed by atoms with van der Waals surface area (Å²) in [5.41, 5.74) is 6.79. The van der Waals surface area contributed by atoms with E-state index in [0.717, 1.165) is 45.3 Å². The van der Waals surface area contributed by atoms with E-state index in [1.807, 2.05) is 7.05 Å². The molecule has 0 radical (unpaired) electrons. The number of hydrogen-bond donors (Lipinski definition) is 4. The van der Waals surface area contributed by atoms with Gasteiger partial charge in [-0.1, -0.05) is 0 Å². The number of aliphatic hydroxyl groups is 1. The van der Waals surface area contributed by atoms with Crippen molar-refractivity contribution in [1.82, 2.24) is 15.5 Å². The van der Waals surface area contributed by atoms with Crippen molar-refractivity contribution in [3.63, 3.8) is 0 Å². The van der Waals surface area contributed by atoms with Crippen molar-refractivity contribution in [3.8, 4) is 11.5 Å². The molecule has 8 heteroatoms. The molecule has 0 spiro atoms. The molecule has 1 amide bonds. The molecule has 2 heterocycles. The van der Waals surface area contributed by atoms with Crippen molar-refractivity contribution >= 4 is 11.6 Å². The Hall–Kier alpha value is -2.03. The lowest BCUT2D eigenvalue weighted by Gasteiger charge is -2.36. The standard InChI is InChI=1S/C21H34N4O4/c1-23-6-2-3-7-25-8-5-15(18(26)14-25)13-24-21(27)17-11-16(22)12-19-20(17)29-10-4-9-28-19/h11-12,15,18,23,26H,2-10,13-14,22H2,1H3,(H,24,27)/t15-,18+/m0/s1. The molecule has 1 aromatic rings. The van der Waals surface area contributed by atoms with E-state index >= 15 is 0 Å². The second-order valence-corrected chi connectivity index (χ2v) is 7.88. The fraction of sp³-hybridized carbons (Fsp3) is 0.667. The number of aliphatic hydroxyl groups excluding tert-OH is 1. The number of ether oxygens (including phenoxy) is 2. The number of benzene rings is 1. The molecule has 29 heavy (non-hydrogen) atoms. The molecule has 0 bridgehead atoms. The molecule has 0 aliphatic carbocycles. The van der Waals surface area contributed by atoms with Gasteiger partial charge in [0, 0.05) is 37.2 Å². The number of β-amino-alcohol motifs (C(OH)–C–C–N with tert-alkyl or cyclic N) is 1. The molecule has 162 valence electrons. The van der Waals surface area contributed by atoms with Crippen LogP contribution >= 0.6 is 0 Å². The van der Waals surface area contributed by atoms with Gasteiger partial charge in [-0.2, -0.15) is 0 Å². The minimum Gasteiger partial charge on any atom is -0.489 e. The van der Waals surface area contributed by atoms with E-state index in [9.17, 15) is 9.90 Å². The fourth-order valence-corrected chi connectivity index (χ4v) is 3.91. The molecule has 1 fully saturated rings. The van der Waals surface area contributed by atoms with Gasteiger partial charge in [0.15, 0.2) is 11.5 Å². The van der Waals surface area contributed by atoms with Crippen LogP contribution < -0.4 is 25.8 Å². The van der Waals surface area contributed by atoms with Crippen molar-refractivity contribution in [1.29, 1.82) is 0 Å². The molecule has 2 atom stereocenters. The van der Waals surface area contributed by atoms with Crippen LogP contribution in [0.4, 0.5) is 5.69 Å². The van der Waals surface area contributed by atoms with Crippen LogP contribution in [0.2, 0.25) is 0 Å². The van der Waals surface area contributed by atoms with Crippen molar-refractivity contribution in [3.05, 3.63) is 17.7 Å². The summed E-state index contributed by atoms with van der Waals surface area (Å²) >= 11 is 0. The van der Waals surface area contributed by atoms with Gasteiger partial charge >= 0.3 is 0 Å². The fourth-order valence-electron chi connectivity index (χ4n) is 3.91. The number of nitrogens with one attached hydrogen (secondary N) is 2. The molecule has 8 nitrogen and oxygen atoms in total. The molecule has 5 N–H and O–H groups in total. The Morgan fingerprint density at radius 3 is 2.93 bits per heavy atom. The number of carbonyl (C=O) groups excluding carboxylic acids is 1. The maximum atomic E-state index is 12.8. The number of nitrogens with two attached hydrogens (primary N) is 1. The van der Waals surface area contributed by atoms with Crippen molar-refractivity contribution in [2.45, 2.75) is 31.8 Å². The van der Waals surface area contributed by atoms with E-state index in [0.29, 0.717) is 49.1 Å². The third kappa shape index (κ3) is 5.98. The number of nitrogen functional groups attached to an aromatic ring is 1. The van der Waals surface area contributed by atoms with Gasteiger partial charge in [0.1, 0.15) is 0 Å². The summed E-state index contributed by atoms with van der Waals surface area (Å²) in [5.74, 6) is 0.760. The molecule has 1 saturated heterocycles. The Bertz CT molecular complexity index is 685. The average Bonchev–Trinajstić information content (AvgIpc) is 2.95. The zero-order valence-electron chi connectivity index (χ0n) is 17.3. The molecule has 3 rings (SSSR count). The molecular formula is C21H34N4O4. The number of hydrogen-bond acceptors (Lipinski definition) is 7. The van der Waals surface area contributed by atoms with E-state index in [2.05, 4.69) is 15.5 Å². The predicted octanol–water partition coefficient (Wildman–Crippen LogP) is 0.842. The third-order valence-corrected chi connectivity index (χ3v) is 5.60. The summed E-state index contributed by atoms with van der Waals surface area (Å²) in [4.78, 5) is 15.1. The lowest BCUT2D eigenvalue weighted by molar-refractivity contribution is 0.0216. The van der Waals surface area contributed by atoms with Crippen LogP contribution in [-0.2, 0) is 0 Å². The van der Waals surface area contributed by atoms with E-state index in [1.165, 1.54) is 0 Å². The first kappa shape index (κ1) is 21.7. The monoisotopic (exact) mass is 406 g/mol. The number of unbranched alkanes of at least 4 members (excludes halogenated alkanes) is 1. The van der Waals surface area contributed by atoms with Gasteiger partial charge in [-0.15, -0.1) is 0 Å². The van der Waals surface area contributed by atoms with E-state index in [-0.39, 0.29) is 11.8 Å². The van der Waals surface area contributed by atoms with Crippen molar-refractivity contribution in [2.24, 2.45) is 5.92 Å². The highest BCUT2D eigenvalue weighted by Crippen LogP contribution is 2.35. The largest absolute Gasteiger partial charge is 0.489 e. The van der Waals surface area contributed by atoms with E-state index < -0.39 is 6.10 Å².